The molecule has 1 amide bonds. The Morgan fingerprint density at radius 1 is 0.518 bits per heavy atom. The van der Waals surface area contributed by atoms with Crippen LogP contribution in [0.4, 0.5) is 5.69 Å². The van der Waals surface area contributed by atoms with E-state index in [0.717, 1.165) is 36.4 Å². The minimum atomic E-state index is 0.00308. The standard InChI is InChI=1S/C54H69NO/c1-50(2,3)40-23-38(24-41(27-40)51(4,5)6)46-29-44(54-31-34-20-35(32-54)22-36(21-34)33-54)30-47(39-25-42(52(7,8)9)28-43(26-39)53(10,11)12)49(46)37-15-17-45(18-16-37)55-19-13-14-48(55)56/h15-18,23-30,34-36H,13-14,19-22,31-33H2,1-12H3. The molecule has 5 fully saturated rings. The maximum Gasteiger partial charge on any atom is 0.227 e. The number of hydrogen-bond acceptors (Lipinski definition) is 1. The molecule has 5 aliphatic rings. The Morgan fingerprint density at radius 3 is 1.25 bits per heavy atom. The largest absolute Gasteiger partial charge is 0.312 e. The highest BCUT2D eigenvalue weighted by molar-refractivity contribution is 5.98. The second kappa shape index (κ2) is 13.5. The van der Waals surface area contributed by atoms with Crippen molar-refractivity contribution in [3.05, 3.63) is 101 Å². The maximum absolute atomic E-state index is 12.9. The summed E-state index contributed by atoms with van der Waals surface area (Å²) < 4.78 is 0. The molecule has 4 saturated carbocycles. The van der Waals surface area contributed by atoms with E-state index in [-0.39, 0.29) is 33.0 Å². The second-order valence-corrected chi connectivity index (χ2v) is 22.9. The summed E-state index contributed by atoms with van der Waals surface area (Å²) in [5.74, 6) is 2.83. The van der Waals surface area contributed by atoms with Crippen molar-refractivity contribution >= 4 is 11.6 Å². The molecule has 4 aromatic carbocycles. The molecule has 0 unspecified atom stereocenters. The van der Waals surface area contributed by atoms with E-state index in [1.165, 1.54) is 94.2 Å². The Balaban J connectivity index is 1.47. The normalized spacial score (nSPS) is 24.0. The van der Waals surface area contributed by atoms with Crippen LogP contribution in [0.3, 0.4) is 0 Å². The first-order chi connectivity index (χ1) is 26.1. The first-order valence-electron chi connectivity index (χ1n) is 22.0. The molecule has 1 saturated heterocycles. The zero-order valence-corrected chi connectivity index (χ0v) is 36.9. The summed E-state index contributed by atoms with van der Waals surface area (Å²) in [4.78, 5) is 14.9. The molecule has 0 atom stereocenters. The van der Waals surface area contributed by atoms with Gasteiger partial charge in [-0.15, -0.1) is 0 Å². The molecule has 9 rings (SSSR count). The van der Waals surface area contributed by atoms with Crippen LogP contribution < -0.4 is 4.90 Å². The van der Waals surface area contributed by atoms with Crippen molar-refractivity contribution in [3.8, 4) is 33.4 Å². The van der Waals surface area contributed by atoms with Crippen molar-refractivity contribution in [2.24, 2.45) is 17.8 Å². The fourth-order valence-corrected chi connectivity index (χ4v) is 11.2. The smallest absolute Gasteiger partial charge is 0.227 e. The number of nitrogens with zero attached hydrogens (tertiary/aromatic N) is 1. The van der Waals surface area contributed by atoms with Crippen molar-refractivity contribution in [3.63, 3.8) is 0 Å². The molecule has 296 valence electrons. The summed E-state index contributed by atoms with van der Waals surface area (Å²) >= 11 is 0. The lowest BCUT2D eigenvalue weighted by Crippen LogP contribution is -2.48. The Morgan fingerprint density at radius 2 is 0.911 bits per heavy atom. The van der Waals surface area contributed by atoms with E-state index in [1.807, 2.05) is 4.90 Å². The van der Waals surface area contributed by atoms with Gasteiger partial charge in [-0.05, 0) is 175 Å². The molecule has 4 bridgehead atoms. The van der Waals surface area contributed by atoms with Crippen molar-refractivity contribution in [1.29, 1.82) is 0 Å². The average Bonchev–Trinajstić information content (AvgIpc) is 3.54. The van der Waals surface area contributed by atoms with Crippen molar-refractivity contribution in [2.75, 3.05) is 11.4 Å². The minimum Gasteiger partial charge on any atom is -0.312 e. The minimum absolute atomic E-state index is 0.00308. The fraction of sp³-hybridized carbons (Fsp3) is 0.537. The van der Waals surface area contributed by atoms with E-state index in [9.17, 15) is 4.79 Å². The lowest BCUT2D eigenvalue weighted by Gasteiger charge is -2.57. The monoisotopic (exact) mass is 748 g/mol. The topological polar surface area (TPSA) is 20.3 Å². The van der Waals surface area contributed by atoms with Gasteiger partial charge >= 0.3 is 0 Å². The molecular formula is C54H69NO. The quantitative estimate of drug-likeness (QED) is 0.199. The molecule has 0 spiro atoms. The highest BCUT2D eigenvalue weighted by atomic mass is 16.2. The van der Waals surface area contributed by atoms with Crippen LogP contribution >= 0.6 is 0 Å². The van der Waals surface area contributed by atoms with Gasteiger partial charge in [0, 0.05) is 18.7 Å². The van der Waals surface area contributed by atoms with E-state index in [1.54, 1.807) is 5.56 Å². The van der Waals surface area contributed by atoms with E-state index in [4.69, 9.17) is 0 Å². The Labute approximate surface area is 339 Å². The number of anilines is 1. The lowest BCUT2D eigenvalue weighted by molar-refractivity contribution is -0.117. The van der Waals surface area contributed by atoms with Gasteiger partial charge in [0.2, 0.25) is 5.91 Å². The van der Waals surface area contributed by atoms with E-state index in [2.05, 4.69) is 156 Å². The van der Waals surface area contributed by atoms with Crippen LogP contribution in [0.2, 0.25) is 0 Å². The number of carbonyl (C=O) groups is 1. The molecule has 2 heteroatoms. The van der Waals surface area contributed by atoms with Gasteiger partial charge < -0.3 is 4.90 Å². The molecule has 0 radical (unpaired) electrons. The number of carbonyl (C=O) groups excluding carboxylic acids is 1. The van der Waals surface area contributed by atoms with Gasteiger partial charge in [-0.2, -0.15) is 0 Å². The summed E-state index contributed by atoms with van der Waals surface area (Å²) in [6, 6.07) is 29.4. The first kappa shape index (κ1) is 39.2. The van der Waals surface area contributed by atoms with Crippen LogP contribution in [0.25, 0.3) is 33.4 Å². The SMILES string of the molecule is CC(C)(C)c1cc(-c2cc(C34CC5CC(CC(C5)C3)C4)cc(-c3cc(C(C)(C)C)cc(C(C)(C)C)c3)c2-c2ccc(N3CCCC3=O)cc2)cc(C(C)(C)C)c1. The van der Waals surface area contributed by atoms with Gasteiger partial charge in [0.15, 0.2) is 0 Å². The lowest BCUT2D eigenvalue weighted by atomic mass is 9.48. The molecule has 0 N–H and O–H groups in total. The van der Waals surface area contributed by atoms with E-state index >= 15 is 0 Å². The van der Waals surface area contributed by atoms with E-state index < -0.39 is 0 Å². The molecular weight excluding hydrogens is 679 g/mol. The second-order valence-electron chi connectivity index (χ2n) is 22.9. The van der Waals surface area contributed by atoms with Crippen molar-refractivity contribution in [1.82, 2.24) is 0 Å². The number of rotatable bonds is 5. The highest BCUT2D eigenvalue weighted by Gasteiger charge is 2.52. The van der Waals surface area contributed by atoms with Gasteiger partial charge in [-0.3, -0.25) is 4.79 Å². The summed E-state index contributed by atoms with van der Waals surface area (Å²) in [7, 11) is 0. The molecule has 4 aromatic rings. The summed E-state index contributed by atoms with van der Waals surface area (Å²) in [5.41, 5.74) is 16.3. The van der Waals surface area contributed by atoms with Crippen LogP contribution in [-0.2, 0) is 31.9 Å². The molecule has 1 heterocycles. The fourth-order valence-electron chi connectivity index (χ4n) is 11.2. The zero-order valence-electron chi connectivity index (χ0n) is 36.9. The van der Waals surface area contributed by atoms with Crippen LogP contribution in [0.5, 0.6) is 0 Å². The van der Waals surface area contributed by atoms with Crippen molar-refractivity contribution in [2.45, 2.75) is 162 Å². The molecule has 4 aliphatic carbocycles. The maximum atomic E-state index is 12.9. The predicted molar refractivity (Wildman–Crippen MR) is 239 cm³/mol. The first-order valence-corrected chi connectivity index (χ1v) is 22.0. The van der Waals surface area contributed by atoms with Gasteiger partial charge in [0.1, 0.15) is 0 Å². The Bertz CT molecular complexity index is 1960. The number of hydrogen-bond donors (Lipinski definition) is 0. The van der Waals surface area contributed by atoms with Crippen molar-refractivity contribution < 1.29 is 4.79 Å². The Hall–Kier alpha value is -3.65. The Kier molecular flexibility index (Phi) is 9.42. The van der Waals surface area contributed by atoms with Gasteiger partial charge in [-0.1, -0.05) is 132 Å². The number of benzene rings is 4. The molecule has 2 nitrogen and oxygen atoms in total. The van der Waals surface area contributed by atoms with E-state index in [0.29, 0.717) is 6.42 Å². The van der Waals surface area contributed by atoms with Crippen LogP contribution in [-0.4, -0.2) is 12.5 Å². The predicted octanol–water partition coefficient (Wildman–Crippen LogP) is 14.5. The summed E-state index contributed by atoms with van der Waals surface area (Å²) in [5, 5.41) is 0. The van der Waals surface area contributed by atoms with Gasteiger partial charge in [0.05, 0.1) is 0 Å². The third kappa shape index (κ3) is 7.33. The third-order valence-electron chi connectivity index (χ3n) is 14.3. The number of amides is 1. The van der Waals surface area contributed by atoms with Crippen LogP contribution in [0.15, 0.2) is 72.8 Å². The average molecular weight is 748 g/mol. The summed E-state index contributed by atoms with van der Waals surface area (Å²) in [6.45, 7) is 29.2. The van der Waals surface area contributed by atoms with Gasteiger partial charge in [-0.25, -0.2) is 0 Å². The molecule has 0 aromatic heterocycles. The molecule has 56 heavy (non-hydrogen) atoms. The van der Waals surface area contributed by atoms with Crippen LogP contribution in [0, 0.1) is 17.8 Å². The van der Waals surface area contributed by atoms with Crippen LogP contribution in [0.1, 0.15) is 162 Å². The summed E-state index contributed by atoms with van der Waals surface area (Å²) in [6.07, 6.45) is 9.89. The zero-order chi connectivity index (χ0) is 40.2. The highest BCUT2D eigenvalue weighted by Crippen LogP contribution is 2.62. The third-order valence-corrected chi connectivity index (χ3v) is 14.3. The molecule has 1 aliphatic heterocycles. The van der Waals surface area contributed by atoms with Gasteiger partial charge in [0.25, 0.3) is 0 Å².